The van der Waals surface area contributed by atoms with Crippen LogP contribution >= 0.6 is 11.3 Å². The average Bonchev–Trinajstić information content (AvgIpc) is 2.49. The van der Waals surface area contributed by atoms with Crippen molar-refractivity contribution in [2.75, 3.05) is 5.32 Å². The molecule has 1 aromatic heterocycles. The van der Waals surface area contributed by atoms with Crippen molar-refractivity contribution in [1.29, 1.82) is 0 Å². The van der Waals surface area contributed by atoms with E-state index in [0.29, 0.717) is 5.13 Å². The van der Waals surface area contributed by atoms with E-state index in [1.807, 2.05) is 13.8 Å². The fraction of sp³-hybridized carbons (Fsp3) is 0.727. The number of nitrogens with one attached hydrogen (secondary N) is 2. The highest BCUT2D eigenvalue weighted by molar-refractivity contribution is 7.13. The summed E-state index contributed by atoms with van der Waals surface area (Å²) in [5.41, 5.74) is 1.49. The molecule has 0 unspecified atom stereocenters. The average molecular weight is 256 g/mol. The first-order valence-electron chi connectivity index (χ1n) is 5.53. The van der Waals surface area contributed by atoms with Crippen LogP contribution < -0.4 is 10.6 Å². The maximum Gasteiger partial charge on any atom is 0.321 e. The minimum Gasteiger partial charge on any atom is -0.333 e. The van der Waals surface area contributed by atoms with Crippen molar-refractivity contribution in [1.82, 2.24) is 15.5 Å². The summed E-state index contributed by atoms with van der Waals surface area (Å²) in [6.45, 7) is 10.5. The molecule has 0 aliphatic heterocycles. The maximum absolute atomic E-state index is 11.7. The molecular formula is C11H20N4OS. The van der Waals surface area contributed by atoms with Crippen LogP contribution in [0.2, 0.25) is 0 Å². The molecule has 2 amide bonds. The molecule has 2 N–H and O–H groups in total. The van der Waals surface area contributed by atoms with Gasteiger partial charge in [0.25, 0.3) is 0 Å². The quantitative estimate of drug-likeness (QED) is 0.873. The lowest BCUT2D eigenvalue weighted by Gasteiger charge is -2.33. The van der Waals surface area contributed by atoms with E-state index in [0.717, 1.165) is 6.42 Å². The van der Waals surface area contributed by atoms with Crippen LogP contribution in [0.3, 0.4) is 0 Å². The summed E-state index contributed by atoms with van der Waals surface area (Å²) in [5, 5.41) is 13.5. The molecule has 0 aromatic carbocycles. The fourth-order valence-electron chi connectivity index (χ4n) is 2.03. The first kappa shape index (κ1) is 13.9. The molecule has 96 valence electrons. The smallest absolute Gasteiger partial charge is 0.321 e. The molecule has 0 saturated heterocycles. The number of anilines is 1. The second-order valence-corrected chi connectivity index (χ2v) is 6.78. The molecule has 0 aliphatic carbocycles. The number of hydrogen-bond donors (Lipinski definition) is 2. The molecule has 0 spiro atoms. The highest BCUT2D eigenvalue weighted by Gasteiger charge is 2.27. The van der Waals surface area contributed by atoms with Crippen LogP contribution in [0.5, 0.6) is 0 Å². The van der Waals surface area contributed by atoms with Gasteiger partial charge in [0, 0.05) is 5.54 Å². The predicted molar refractivity (Wildman–Crippen MR) is 70.2 cm³/mol. The maximum atomic E-state index is 11.7. The number of urea groups is 1. The van der Waals surface area contributed by atoms with Gasteiger partial charge in [-0.05, 0) is 25.7 Å². The number of nitrogens with zero attached hydrogens (tertiary/aromatic N) is 2. The zero-order chi connectivity index (χ0) is 13.1. The van der Waals surface area contributed by atoms with Gasteiger partial charge in [-0.25, -0.2) is 4.79 Å². The highest BCUT2D eigenvalue weighted by Crippen LogP contribution is 2.26. The number of carbonyl (C=O) groups is 1. The minimum atomic E-state index is -0.257. The van der Waals surface area contributed by atoms with Gasteiger partial charge in [0.05, 0.1) is 0 Å². The first-order chi connectivity index (χ1) is 7.68. The van der Waals surface area contributed by atoms with Crippen LogP contribution in [0.25, 0.3) is 0 Å². The minimum absolute atomic E-state index is 0.166. The zero-order valence-corrected chi connectivity index (χ0v) is 11.8. The van der Waals surface area contributed by atoms with Crippen LogP contribution in [0.15, 0.2) is 5.51 Å². The van der Waals surface area contributed by atoms with Crippen molar-refractivity contribution >= 4 is 22.5 Å². The Morgan fingerprint density at radius 1 is 1.35 bits per heavy atom. The van der Waals surface area contributed by atoms with Gasteiger partial charge in [-0.2, -0.15) is 0 Å². The van der Waals surface area contributed by atoms with Crippen molar-refractivity contribution in [2.45, 2.75) is 46.6 Å². The van der Waals surface area contributed by atoms with E-state index in [9.17, 15) is 4.79 Å². The lowest BCUT2D eigenvalue weighted by Crippen LogP contribution is -2.47. The van der Waals surface area contributed by atoms with Gasteiger partial charge in [-0.15, -0.1) is 10.2 Å². The second kappa shape index (κ2) is 5.00. The third-order valence-corrected chi connectivity index (χ3v) is 2.61. The van der Waals surface area contributed by atoms with Crippen molar-refractivity contribution < 1.29 is 4.79 Å². The number of carbonyl (C=O) groups excluding carboxylic acids is 1. The van der Waals surface area contributed by atoms with Crippen molar-refractivity contribution in [3.8, 4) is 0 Å². The lowest BCUT2D eigenvalue weighted by atomic mass is 9.82. The molecule has 0 atom stereocenters. The number of rotatable bonds is 3. The Bertz CT molecular complexity index is 367. The van der Waals surface area contributed by atoms with Gasteiger partial charge in [-0.3, -0.25) is 5.32 Å². The van der Waals surface area contributed by atoms with E-state index < -0.39 is 0 Å². The predicted octanol–water partition coefficient (Wildman–Crippen LogP) is 2.87. The normalized spacial score (nSPS) is 12.3. The highest BCUT2D eigenvalue weighted by atomic mass is 32.1. The van der Waals surface area contributed by atoms with Crippen LogP contribution in [0.1, 0.15) is 41.0 Å². The molecule has 1 heterocycles. The Hall–Kier alpha value is -1.17. The molecule has 0 aliphatic rings. The van der Waals surface area contributed by atoms with E-state index in [1.54, 1.807) is 5.51 Å². The van der Waals surface area contributed by atoms with Crippen LogP contribution in [0.4, 0.5) is 9.93 Å². The molecule has 0 radical (unpaired) electrons. The Kier molecular flexibility index (Phi) is 4.08. The van der Waals surface area contributed by atoms with Gasteiger partial charge >= 0.3 is 6.03 Å². The van der Waals surface area contributed by atoms with Gasteiger partial charge in [-0.1, -0.05) is 32.1 Å². The molecular weight excluding hydrogens is 236 g/mol. The molecule has 6 heteroatoms. The van der Waals surface area contributed by atoms with E-state index in [4.69, 9.17) is 0 Å². The summed E-state index contributed by atoms with van der Waals surface area (Å²) in [6.07, 6.45) is 0.892. The Labute approximate surface area is 106 Å². The van der Waals surface area contributed by atoms with Crippen LogP contribution in [-0.4, -0.2) is 21.8 Å². The van der Waals surface area contributed by atoms with Gasteiger partial charge in [0.1, 0.15) is 5.51 Å². The Balaban J connectivity index is 2.50. The van der Waals surface area contributed by atoms with Crippen LogP contribution in [-0.2, 0) is 0 Å². The number of hydrogen-bond acceptors (Lipinski definition) is 4. The largest absolute Gasteiger partial charge is 0.333 e. The summed E-state index contributed by atoms with van der Waals surface area (Å²) in [4.78, 5) is 11.7. The molecule has 17 heavy (non-hydrogen) atoms. The lowest BCUT2D eigenvalue weighted by molar-refractivity contribution is 0.220. The van der Waals surface area contributed by atoms with Gasteiger partial charge in [0.15, 0.2) is 0 Å². The topological polar surface area (TPSA) is 66.9 Å². The molecule has 0 fully saturated rings. The number of aromatic nitrogens is 2. The van der Waals surface area contributed by atoms with Crippen molar-refractivity contribution in [3.05, 3.63) is 5.51 Å². The Morgan fingerprint density at radius 3 is 2.47 bits per heavy atom. The first-order valence-corrected chi connectivity index (χ1v) is 6.41. The molecule has 5 nitrogen and oxygen atoms in total. The third kappa shape index (κ3) is 5.63. The summed E-state index contributed by atoms with van der Waals surface area (Å²) in [7, 11) is 0. The van der Waals surface area contributed by atoms with Gasteiger partial charge < -0.3 is 5.32 Å². The van der Waals surface area contributed by atoms with E-state index in [1.165, 1.54) is 11.3 Å². The SMILES string of the molecule is CC(C)(C)CC(C)(C)NC(=O)Nc1nncs1. The summed E-state index contributed by atoms with van der Waals surface area (Å²) < 4.78 is 0. The van der Waals surface area contributed by atoms with E-state index in [-0.39, 0.29) is 17.0 Å². The molecule has 1 rings (SSSR count). The Morgan fingerprint density at radius 2 is 2.00 bits per heavy atom. The monoisotopic (exact) mass is 256 g/mol. The van der Waals surface area contributed by atoms with E-state index in [2.05, 4.69) is 41.6 Å². The molecule has 1 aromatic rings. The van der Waals surface area contributed by atoms with Crippen molar-refractivity contribution in [2.24, 2.45) is 5.41 Å². The summed E-state index contributed by atoms with van der Waals surface area (Å²) in [5.74, 6) is 0. The van der Waals surface area contributed by atoms with Crippen molar-refractivity contribution in [3.63, 3.8) is 0 Å². The second-order valence-electron chi connectivity index (χ2n) is 5.94. The number of amides is 2. The molecule has 0 bridgehead atoms. The summed E-state index contributed by atoms with van der Waals surface area (Å²) >= 11 is 1.30. The zero-order valence-electron chi connectivity index (χ0n) is 11.0. The van der Waals surface area contributed by atoms with E-state index >= 15 is 0 Å². The van der Waals surface area contributed by atoms with Crippen LogP contribution in [0, 0.1) is 5.41 Å². The fourth-order valence-corrected chi connectivity index (χ4v) is 2.47. The molecule has 0 saturated carbocycles. The summed E-state index contributed by atoms with van der Waals surface area (Å²) in [6, 6.07) is -0.240. The van der Waals surface area contributed by atoms with Gasteiger partial charge in [0.2, 0.25) is 5.13 Å². The standard InChI is InChI=1S/C11H20N4OS/c1-10(2,3)6-11(4,5)14-8(16)13-9-15-12-7-17-9/h7H,6H2,1-5H3,(H2,13,14,15,16). The third-order valence-electron chi connectivity index (χ3n) is 2.00.